The number of hydrogen-bond acceptors (Lipinski definition) is 6. The Morgan fingerprint density at radius 3 is 2.43 bits per heavy atom. The zero-order valence-electron chi connectivity index (χ0n) is 16.8. The van der Waals surface area contributed by atoms with Crippen LogP contribution < -0.4 is 10.2 Å². The van der Waals surface area contributed by atoms with Crippen molar-refractivity contribution in [2.45, 2.75) is 0 Å². The van der Waals surface area contributed by atoms with Gasteiger partial charge in [-0.3, -0.25) is 9.59 Å². The number of methoxy groups -OCH3 is 1. The van der Waals surface area contributed by atoms with Gasteiger partial charge < -0.3 is 24.6 Å². The summed E-state index contributed by atoms with van der Waals surface area (Å²) in [6.07, 6.45) is 1.58. The van der Waals surface area contributed by atoms with Crippen molar-refractivity contribution >= 4 is 23.3 Å². The van der Waals surface area contributed by atoms with Crippen molar-refractivity contribution in [3.63, 3.8) is 0 Å². The summed E-state index contributed by atoms with van der Waals surface area (Å²) in [7, 11) is 1.59. The molecule has 1 fully saturated rings. The Hall–Kier alpha value is -3.04. The molecule has 2 heterocycles. The molecule has 1 saturated heterocycles. The standard InChI is InChI=1S/C21H25FN4O4/c1-29-12-13-30-15-20(27)26-10-8-25(9-11-26)19-7-6-18(14-23-19)24-21(28)16-2-4-17(22)5-3-16/h2-7,14H,8-13,15H2,1H3,(H,24,28). The van der Waals surface area contributed by atoms with Crippen LogP contribution in [-0.4, -0.2) is 74.8 Å². The van der Waals surface area contributed by atoms with Gasteiger partial charge in [-0.2, -0.15) is 0 Å². The number of halogens is 1. The van der Waals surface area contributed by atoms with Gasteiger partial charge in [0.1, 0.15) is 18.2 Å². The number of piperazine rings is 1. The molecular formula is C21H25FN4O4. The highest BCUT2D eigenvalue weighted by Crippen LogP contribution is 2.17. The van der Waals surface area contributed by atoms with E-state index in [-0.39, 0.29) is 18.4 Å². The van der Waals surface area contributed by atoms with Crippen molar-refractivity contribution in [1.29, 1.82) is 0 Å². The van der Waals surface area contributed by atoms with E-state index in [1.54, 1.807) is 24.3 Å². The van der Waals surface area contributed by atoms with Gasteiger partial charge in [-0.25, -0.2) is 9.37 Å². The van der Waals surface area contributed by atoms with Crippen LogP contribution in [0.1, 0.15) is 10.4 Å². The summed E-state index contributed by atoms with van der Waals surface area (Å²) >= 11 is 0. The third kappa shape index (κ3) is 5.98. The minimum atomic E-state index is -0.391. The highest BCUT2D eigenvalue weighted by Gasteiger charge is 2.22. The van der Waals surface area contributed by atoms with Gasteiger partial charge in [-0.1, -0.05) is 0 Å². The summed E-state index contributed by atoms with van der Waals surface area (Å²) in [6.45, 7) is 3.44. The van der Waals surface area contributed by atoms with Crippen molar-refractivity contribution in [3.05, 3.63) is 54.0 Å². The quantitative estimate of drug-likeness (QED) is 0.661. The largest absolute Gasteiger partial charge is 0.382 e. The number of rotatable bonds is 8. The Morgan fingerprint density at radius 2 is 1.80 bits per heavy atom. The number of ether oxygens (including phenoxy) is 2. The molecule has 2 amide bonds. The van der Waals surface area contributed by atoms with E-state index >= 15 is 0 Å². The zero-order chi connectivity index (χ0) is 21.3. The second kappa shape index (κ2) is 10.7. The minimum Gasteiger partial charge on any atom is -0.382 e. The Bertz CT molecular complexity index is 837. The molecule has 2 aromatic rings. The minimum absolute atomic E-state index is 0.0300. The predicted molar refractivity (Wildman–Crippen MR) is 110 cm³/mol. The van der Waals surface area contributed by atoms with Crippen LogP contribution in [-0.2, 0) is 14.3 Å². The van der Waals surface area contributed by atoms with Gasteiger partial charge in [0.15, 0.2) is 0 Å². The van der Waals surface area contributed by atoms with E-state index < -0.39 is 5.82 Å². The molecule has 9 heteroatoms. The van der Waals surface area contributed by atoms with E-state index in [1.807, 2.05) is 6.07 Å². The fourth-order valence-electron chi connectivity index (χ4n) is 3.03. The lowest BCUT2D eigenvalue weighted by molar-refractivity contribution is -0.136. The van der Waals surface area contributed by atoms with E-state index in [9.17, 15) is 14.0 Å². The number of carbonyl (C=O) groups is 2. The molecule has 0 atom stereocenters. The van der Waals surface area contributed by atoms with Crippen LogP contribution in [0.2, 0.25) is 0 Å². The van der Waals surface area contributed by atoms with Crippen LogP contribution in [0.15, 0.2) is 42.6 Å². The molecule has 0 saturated carbocycles. The smallest absolute Gasteiger partial charge is 0.255 e. The molecule has 8 nitrogen and oxygen atoms in total. The van der Waals surface area contributed by atoms with E-state index in [0.29, 0.717) is 50.6 Å². The monoisotopic (exact) mass is 416 g/mol. The Kier molecular flexibility index (Phi) is 7.69. The number of pyridine rings is 1. The number of benzene rings is 1. The summed E-state index contributed by atoms with van der Waals surface area (Å²) in [6, 6.07) is 8.93. The lowest BCUT2D eigenvalue weighted by atomic mass is 10.2. The van der Waals surface area contributed by atoms with E-state index in [0.717, 1.165) is 5.82 Å². The second-order valence-electron chi connectivity index (χ2n) is 6.78. The van der Waals surface area contributed by atoms with Crippen LogP contribution in [0.4, 0.5) is 15.9 Å². The number of amides is 2. The molecule has 1 N–H and O–H groups in total. The van der Waals surface area contributed by atoms with Crippen LogP contribution in [0.25, 0.3) is 0 Å². The molecule has 0 radical (unpaired) electrons. The van der Waals surface area contributed by atoms with Crippen molar-refractivity contribution < 1.29 is 23.5 Å². The molecule has 1 aliphatic rings. The van der Waals surface area contributed by atoms with Gasteiger partial charge in [-0.05, 0) is 36.4 Å². The Balaban J connectivity index is 1.47. The number of nitrogens with one attached hydrogen (secondary N) is 1. The molecule has 0 spiro atoms. The fourth-order valence-corrected chi connectivity index (χ4v) is 3.03. The highest BCUT2D eigenvalue weighted by atomic mass is 19.1. The number of carbonyl (C=O) groups excluding carboxylic acids is 2. The normalized spacial score (nSPS) is 13.9. The average Bonchev–Trinajstić information content (AvgIpc) is 2.77. The van der Waals surface area contributed by atoms with Crippen molar-refractivity contribution in [2.24, 2.45) is 0 Å². The second-order valence-corrected chi connectivity index (χ2v) is 6.78. The van der Waals surface area contributed by atoms with Crippen LogP contribution in [0.5, 0.6) is 0 Å². The summed E-state index contributed by atoms with van der Waals surface area (Å²) in [5.41, 5.74) is 0.919. The topological polar surface area (TPSA) is 84.0 Å². The van der Waals surface area contributed by atoms with Gasteiger partial charge in [-0.15, -0.1) is 0 Å². The number of hydrogen-bond donors (Lipinski definition) is 1. The first-order chi connectivity index (χ1) is 14.6. The highest BCUT2D eigenvalue weighted by molar-refractivity contribution is 6.04. The van der Waals surface area contributed by atoms with E-state index in [4.69, 9.17) is 9.47 Å². The van der Waals surface area contributed by atoms with Crippen LogP contribution in [0.3, 0.4) is 0 Å². The first kappa shape index (κ1) is 21.7. The van der Waals surface area contributed by atoms with Crippen molar-refractivity contribution in [3.8, 4) is 0 Å². The van der Waals surface area contributed by atoms with Gasteiger partial charge in [0.25, 0.3) is 5.91 Å². The molecule has 3 rings (SSSR count). The van der Waals surface area contributed by atoms with E-state index in [2.05, 4.69) is 15.2 Å². The Morgan fingerprint density at radius 1 is 1.07 bits per heavy atom. The molecule has 160 valence electrons. The fraction of sp³-hybridized carbons (Fsp3) is 0.381. The van der Waals surface area contributed by atoms with Crippen molar-refractivity contribution in [1.82, 2.24) is 9.88 Å². The maximum atomic E-state index is 13.0. The molecule has 1 aromatic carbocycles. The van der Waals surface area contributed by atoms with Crippen LogP contribution >= 0.6 is 0 Å². The Labute approximate surface area is 174 Å². The summed E-state index contributed by atoms with van der Waals surface area (Å²) in [4.78, 5) is 32.6. The molecule has 1 aliphatic heterocycles. The molecule has 0 aliphatic carbocycles. The van der Waals surface area contributed by atoms with Gasteiger partial charge in [0, 0.05) is 38.9 Å². The predicted octanol–water partition coefficient (Wildman–Crippen LogP) is 1.78. The SMILES string of the molecule is COCCOCC(=O)N1CCN(c2ccc(NC(=O)c3ccc(F)cc3)cn2)CC1. The third-order valence-electron chi connectivity index (χ3n) is 4.73. The van der Waals surface area contributed by atoms with Crippen molar-refractivity contribution in [2.75, 3.05) is 63.3 Å². The number of nitrogens with zero attached hydrogens (tertiary/aromatic N) is 3. The number of anilines is 2. The third-order valence-corrected chi connectivity index (χ3v) is 4.73. The molecular weight excluding hydrogens is 391 g/mol. The lowest BCUT2D eigenvalue weighted by Crippen LogP contribution is -2.50. The van der Waals surface area contributed by atoms with Gasteiger partial charge in [0.2, 0.25) is 5.91 Å². The zero-order valence-corrected chi connectivity index (χ0v) is 16.8. The maximum Gasteiger partial charge on any atom is 0.255 e. The molecule has 30 heavy (non-hydrogen) atoms. The van der Waals surface area contributed by atoms with Crippen LogP contribution in [0, 0.1) is 5.82 Å². The number of aromatic nitrogens is 1. The van der Waals surface area contributed by atoms with Gasteiger partial charge in [0.05, 0.1) is 25.1 Å². The van der Waals surface area contributed by atoms with Gasteiger partial charge >= 0.3 is 0 Å². The lowest BCUT2D eigenvalue weighted by Gasteiger charge is -2.35. The summed E-state index contributed by atoms with van der Waals surface area (Å²) < 4.78 is 23.1. The average molecular weight is 416 g/mol. The first-order valence-electron chi connectivity index (χ1n) is 9.69. The molecule has 0 bridgehead atoms. The maximum absolute atomic E-state index is 13.0. The molecule has 1 aromatic heterocycles. The summed E-state index contributed by atoms with van der Waals surface area (Å²) in [5.74, 6) is 0.0261. The molecule has 0 unspecified atom stereocenters. The van der Waals surface area contributed by atoms with E-state index in [1.165, 1.54) is 24.3 Å². The summed E-state index contributed by atoms with van der Waals surface area (Å²) in [5, 5.41) is 2.74. The first-order valence-corrected chi connectivity index (χ1v) is 9.69.